The molecule has 1 aromatic carbocycles. The summed E-state index contributed by atoms with van der Waals surface area (Å²) in [4.78, 5) is 13.6. The maximum Gasteiger partial charge on any atom is 0.410 e. The van der Waals surface area contributed by atoms with Crippen LogP contribution in [0, 0.1) is 12.7 Å². The molecule has 1 aliphatic rings. The molecule has 0 fully saturated rings. The van der Waals surface area contributed by atoms with Crippen molar-refractivity contribution in [3.8, 4) is 0 Å². The maximum atomic E-state index is 13.6. The summed E-state index contributed by atoms with van der Waals surface area (Å²) in [6.45, 7) is 8.40. The van der Waals surface area contributed by atoms with Crippen molar-refractivity contribution in [1.82, 2.24) is 4.90 Å². The van der Waals surface area contributed by atoms with Crippen LogP contribution in [0.15, 0.2) is 24.3 Å². The van der Waals surface area contributed by atoms with Crippen LogP contribution in [0.3, 0.4) is 0 Å². The van der Waals surface area contributed by atoms with Crippen molar-refractivity contribution < 1.29 is 13.9 Å². The Labute approximate surface area is 125 Å². The summed E-state index contributed by atoms with van der Waals surface area (Å²) < 4.78 is 19.0. The molecular weight excluding hydrogens is 269 g/mol. The zero-order valence-electron chi connectivity index (χ0n) is 13.1. The van der Waals surface area contributed by atoms with Gasteiger partial charge in [-0.3, -0.25) is 0 Å². The fraction of sp³-hybridized carbons (Fsp3) is 0.471. The molecule has 1 heterocycles. The van der Waals surface area contributed by atoms with E-state index in [2.05, 4.69) is 0 Å². The molecule has 0 saturated heterocycles. The van der Waals surface area contributed by atoms with Gasteiger partial charge in [-0.05, 0) is 56.9 Å². The zero-order chi connectivity index (χ0) is 15.6. The Morgan fingerprint density at radius 1 is 1.33 bits per heavy atom. The van der Waals surface area contributed by atoms with Gasteiger partial charge in [-0.25, -0.2) is 9.18 Å². The zero-order valence-corrected chi connectivity index (χ0v) is 13.1. The third-order valence-corrected chi connectivity index (χ3v) is 3.40. The molecule has 1 amide bonds. The quantitative estimate of drug-likeness (QED) is 0.777. The first-order valence-electron chi connectivity index (χ1n) is 7.20. The topological polar surface area (TPSA) is 29.5 Å². The molecule has 0 unspecified atom stereocenters. The summed E-state index contributed by atoms with van der Waals surface area (Å²) in [6, 6.07) is 5.27. The second-order valence-electron chi connectivity index (χ2n) is 6.37. The highest BCUT2D eigenvalue weighted by Crippen LogP contribution is 2.24. The van der Waals surface area contributed by atoms with Crippen LogP contribution in [0.1, 0.15) is 38.3 Å². The van der Waals surface area contributed by atoms with Gasteiger partial charge >= 0.3 is 6.09 Å². The fourth-order valence-electron chi connectivity index (χ4n) is 2.22. The van der Waals surface area contributed by atoms with Gasteiger partial charge in [0.05, 0.1) is 0 Å². The molecule has 4 heteroatoms. The molecule has 0 radical (unpaired) electrons. The van der Waals surface area contributed by atoms with Gasteiger partial charge in [0, 0.05) is 13.1 Å². The molecule has 21 heavy (non-hydrogen) atoms. The molecule has 114 valence electrons. The Kier molecular flexibility index (Phi) is 4.35. The lowest BCUT2D eigenvalue weighted by atomic mass is 9.98. The van der Waals surface area contributed by atoms with E-state index in [4.69, 9.17) is 4.74 Å². The molecule has 3 nitrogen and oxygen atoms in total. The summed E-state index contributed by atoms with van der Waals surface area (Å²) >= 11 is 0. The number of amides is 1. The highest BCUT2D eigenvalue weighted by Gasteiger charge is 2.23. The van der Waals surface area contributed by atoms with Crippen LogP contribution in [0.4, 0.5) is 9.18 Å². The van der Waals surface area contributed by atoms with Crippen LogP contribution in [0.25, 0.3) is 5.57 Å². The number of hydrogen-bond donors (Lipinski definition) is 0. The van der Waals surface area contributed by atoms with Gasteiger partial charge in [0.25, 0.3) is 0 Å². The summed E-state index contributed by atoms with van der Waals surface area (Å²) in [5.41, 5.74) is 2.13. The molecule has 1 aliphatic heterocycles. The minimum absolute atomic E-state index is 0.192. The summed E-state index contributed by atoms with van der Waals surface area (Å²) in [5.74, 6) is -0.192. The lowest BCUT2D eigenvalue weighted by Crippen LogP contribution is -2.39. The van der Waals surface area contributed by atoms with Crippen LogP contribution in [0.2, 0.25) is 0 Å². The van der Waals surface area contributed by atoms with E-state index in [0.29, 0.717) is 25.1 Å². The van der Waals surface area contributed by atoms with Gasteiger partial charge in [0.15, 0.2) is 0 Å². The average molecular weight is 291 g/mol. The van der Waals surface area contributed by atoms with Crippen LogP contribution >= 0.6 is 0 Å². The predicted molar refractivity (Wildman–Crippen MR) is 81.5 cm³/mol. The van der Waals surface area contributed by atoms with Gasteiger partial charge in [-0.1, -0.05) is 18.2 Å². The number of rotatable bonds is 1. The standard InChI is InChI=1S/C17H22FNO2/c1-12-5-6-14(11-15(12)18)13-7-9-19(10-8-13)16(20)21-17(2,3)4/h5-7,11H,8-10H2,1-4H3. The summed E-state index contributed by atoms with van der Waals surface area (Å²) in [6.07, 6.45) is 2.38. The number of benzene rings is 1. The van der Waals surface area contributed by atoms with E-state index in [-0.39, 0.29) is 11.9 Å². The second kappa shape index (κ2) is 5.88. The molecule has 0 N–H and O–H groups in total. The number of carbonyl (C=O) groups excluding carboxylic acids is 1. The highest BCUT2D eigenvalue weighted by molar-refractivity contribution is 5.72. The number of carbonyl (C=O) groups is 1. The molecule has 0 atom stereocenters. The van der Waals surface area contributed by atoms with E-state index in [9.17, 15) is 9.18 Å². The molecule has 0 saturated carbocycles. The van der Waals surface area contributed by atoms with Crippen molar-refractivity contribution in [3.63, 3.8) is 0 Å². The van der Waals surface area contributed by atoms with Crippen molar-refractivity contribution >= 4 is 11.7 Å². The number of halogens is 1. The Bertz CT molecular complexity index is 573. The van der Waals surface area contributed by atoms with Crippen molar-refractivity contribution in [2.45, 2.75) is 39.7 Å². The number of hydrogen-bond acceptors (Lipinski definition) is 2. The smallest absolute Gasteiger partial charge is 0.410 e. The first-order chi connectivity index (χ1) is 9.76. The van der Waals surface area contributed by atoms with Crippen molar-refractivity contribution in [1.29, 1.82) is 0 Å². The Morgan fingerprint density at radius 2 is 2.05 bits per heavy atom. The van der Waals surface area contributed by atoms with E-state index in [1.165, 1.54) is 0 Å². The lowest BCUT2D eigenvalue weighted by Gasteiger charge is -2.29. The normalized spacial score (nSPS) is 15.7. The first kappa shape index (κ1) is 15.5. The van der Waals surface area contributed by atoms with Gasteiger partial charge in [-0.2, -0.15) is 0 Å². The van der Waals surface area contributed by atoms with Crippen molar-refractivity contribution in [3.05, 3.63) is 41.2 Å². The highest BCUT2D eigenvalue weighted by atomic mass is 19.1. The number of aryl methyl sites for hydroxylation is 1. The van der Waals surface area contributed by atoms with E-state index >= 15 is 0 Å². The molecule has 0 aliphatic carbocycles. The molecule has 2 rings (SSSR count). The third kappa shape index (κ3) is 4.06. The van der Waals surface area contributed by atoms with Gasteiger partial charge in [0.1, 0.15) is 11.4 Å². The Hall–Kier alpha value is -1.84. The van der Waals surface area contributed by atoms with E-state index < -0.39 is 5.60 Å². The lowest BCUT2D eigenvalue weighted by molar-refractivity contribution is 0.0270. The molecule has 0 aromatic heterocycles. The SMILES string of the molecule is Cc1ccc(C2=CCN(C(=O)OC(C)(C)C)CC2)cc1F. The van der Waals surface area contributed by atoms with Crippen LogP contribution in [-0.4, -0.2) is 29.7 Å². The first-order valence-corrected chi connectivity index (χ1v) is 7.20. The van der Waals surface area contributed by atoms with E-state index in [1.54, 1.807) is 24.0 Å². The maximum absolute atomic E-state index is 13.6. The Balaban J connectivity index is 2.05. The minimum atomic E-state index is -0.485. The van der Waals surface area contributed by atoms with Crippen LogP contribution in [0.5, 0.6) is 0 Å². The number of ether oxygens (including phenoxy) is 1. The van der Waals surface area contributed by atoms with Gasteiger partial charge in [0.2, 0.25) is 0 Å². The summed E-state index contributed by atoms with van der Waals surface area (Å²) in [5, 5.41) is 0. The monoisotopic (exact) mass is 291 g/mol. The Morgan fingerprint density at radius 3 is 2.57 bits per heavy atom. The van der Waals surface area contributed by atoms with Crippen molar-refractivity contribution in [2.24, 2.45) is 0 Å². The van der Waals surface area contributed by atoms with Crippen LogP contribution < -0.4 is 0 Å². The van der Waals surface area contributed by atoms with Crippen molar-refractivity contribution in [2.75, 3.05) is 13.1 Å². The molecule has 0 bridgehead atoms. The predicted octanol–water partition coefficient (Wildman–Crippen LogP) is 4.16. The largest absolute Gasteiger partial charge is 0.444 e. The third-order valence-electron chi connectivity index (χ3n) is 3.40. The number of nitrogens with zero attached hydrogens (tertiary/aromatic N) is 1. The van der Waals surface area contributed by atoms with Crippen LogP contribution in [-0.2, 0) is 4.74 Å². The minimum Gasteiger partial charge on any atom is -0.444 e. The average Bonchev–Trinajstić information content (AvgIpc) is 2.40. The van der Waals surface area contributed by atoms with E-state index in [1.807, 2.05) is 32.9 Å². The van der Waals surface area contributed by atoms with E-state index in [0.717, 1.165) is 11.1 Å². The van der Waals surface area contributed by atoms with Gasteiger partial charge < -0.3 is 9.64 Å². The second-order valence-corrected chi connectivity index (χ2v) is 6.37. The molecular formula is C17H22FNO2. The summed E-state index contributed by atoms with van der Waals surface area (Å²) in [7, 11) is 0. The van der Waals surface area contributed by atoms with Gasteiger partial charge in [-0.15, -0.1) is 0 Å². The molecule has 0 spiro atoms. The fourth-order valence-corrected chi connectivity index (χ4v) is 2.22. The molecule has 1 aromatic rings.